The highest BCUT2D eigenvalue weighted by atomic mass is 32.2. The maximum Gasteiger partial charge on any atom is 0.242 e. The zero-order valence-electron chi connectivity index (χ0n) is 12.8. The Hall–Kier alpha value is -1.63. The third kappa shape index (κ3) is 6.12. The van der Waals surface area contributed by atoms with Crippen LogP contribution in [0.2, 0.25) is 0 Å². The molecule has 1 aromatic heterocycles. The molecule has 116 valence electrons. The van der Waals surface area contributed by atoms with Crippen LogP contribution < -0.4 is 10.6 Å². The normalized spacial score (nSPS) is 13.6. The fourth-order valence-electron chi connectivity index (χ4n) is 1.72. The molecule has 21 heavy (non-hydrogen) atoms. The number of carbonyl (C=O) groups excluding carboxylic acids is 2. The van der Waals surface area contributed by atoms with Gasteiger partial charge in [0.1, 0.15) is 6.04 Å². The first-order valence-electron chi connectivity index (χ1n) is 6.89. The van der Waals surface area contributed by atoms with Gasteiger partial charge in [-0.2, -0.15) is 0 Å². The molecule has 0 radical (unpaired) electrons. The van der Waals surface area contributed by atoms with Gasteiger partial charge in [0.05, 0.1) is 5.25 Å². The Morgan fingerprint density at radius 1 is 1.19 bits per heavy atom. The van der Waals surface area contributed by atoms with Gasteiger partial charge in [0, 0.05) is 19.4 Å². The van der Waals surface area contributed by atoms with Crippen molar-refractivity contribution in [3.63, 3.8) is 0 Å². The van der Waals surface area contributed by atoms with Crippen molar-refractivity contribution in [2.45, 2.75) is 43.6 Å². The van der Waals surface area contributed by atoms with E-state index in [9.17, 15) is 9.59 Å². The molecule has 1 heterocycles. The number of carbonyl (C=O) groups is 2. The third-order valence-corrected chi connectivity index (χ3v) is 3.77. The standard InChI is InChI=1S/C14H22N4O2S/c1-9(2)8-11(13(20)15-4)18-12(19)10(3)21-14-16-6-5-7-17-14/h5-7,9-11H,8H2,1-4H3,(H,15,20)(H,18,19)/t10-,11-/m0/s1. The molecule has 0 bridgehead atoms. The number of hydrogen-bond acceptors (Lipinski definition) is 5. The van der Waals surface area contributed by atoms with E-state index in [1.807, 2.05) is 13.8 Å². The minimum Gasteiger partial charge on any atom is -0.357 e. The van der Waals surface area contributed by atoms with E-state index in [1.165, 1.54) is 11.8 Å². The van der Waals surface area contributed by atoms with Crippen molar-refractivity contribution in [3.05, 3.63) is 18.5 Å². The first-order valence-corrected chi connectivity index (χ1v) is 7.77. The molecular formula is C14H22N4O2S. The van der Waals surface area contributed by atoms with Gasteiger partial charge in [-0.15, -0.1) is 0 Å². The molecule has 7 heteroatoms. The molecule has 0 spiro atoms. The number of rotatable bonds is 7. The van der Waals surface area contributed by atoms with E-state index in [1.54, 1.807) is 32.4 Å². The Kier molecular flexibility index (Phi) is 7.14. The predicted octanol–water partition coefficient (Wildman–Crippen LogP) is 1.23. The number of likely N-dealkylation sites (N-methyl/N-ethyl adjacent to an activating group) is 1. The monoisotopic (exact) mass is 310 g/mol. The first kappa shape index (κ1) is 17.4. The van der Waals surface area contributed by atoms with Crippen LogP contribution in [-0.4, -0.2) is 40.1 Å². The van der Waals surface area contributed by atoms with E-state index in [-0.39, 0.29) is 17.1 Å². The molecule has 0 saturated carbocycles. The van der Waals surface area contributed by atoms with E-state index in [0.717, 1.165) is 0 Å². The van der Waals surface area contributed by atoms with Gasteiger partial charge < -0.3 is 10.6 Å². The second-order valence-electron chi connectivity index (χ2n) is 5.10. The van der Waals surface area contributed by atoms with Crippen molar-refractivity contribution in [2.24, 2.45) is 5.92 Å². The van der Waals surface area contributed by atoms with Crippen LogP contribution in [0.3, 0.4) is 0 Å². The SMILES string of the molecule is CNC(=O)[C@H](CC(C)C)NC(=O)[C@H](C)Sc1ncccn1. The molecule has 0 unspecified atom stereocenters. The molecule has 0 aliphatic heterocycles. The highest BCUT2D eigenvalue weighted by Crippen LogP contribution is 2.18. The molecule has 2 N–H and O–H groups in total. The van der Waals surface area contributed by atoms with Crippen molar-refractivity contribution in [1.82, 2.24) is 20.6 Å². The van der Waals surface area contributed by atoms with Crippen LogP contribution in [0.15, 0.2) is 23.6 Å². The van der Waals surface area contributed by atoms with Crippen LogP contribution >= 0.6 is 11.8 Å². The van der Waals surface area contributed by atoms with Crippen molar-refractivity contribution in [1.29, 1.82) is 0 Å². The van der Waals surface area contributed by atoms with Gasteiger partial charge in [-0.05, 0) is 25.3 Å². The number of amides is 2. The largest absolute Gasteiger partial charge is 0.357 e. The highest BCUT2D eigenvalue weighted by molar-refractivity contribution is 8.00. The van der Waals surface area contributed by atoms with E-state index in [4.69, 9.17) is 0 Å². The van der Waals surface area contributed by atoms with Gasteiger partial charge >= 0.3 is 0 Å². The fourth-order valence-corrected chi connectivity index (χ4v) is 2.46. The molecular weight excluding hydrogens is 288 g/mol. The predicted molar refractivity (Wildman–Crippen MR) is 82.8 cm³/mol. The molecule has 2 atom stereocenters. The Bertz CT molecular complexity index is 467. The first-order chi connectivity index (χ1) is 9.93. The molecule has 0 fully saturated rings. The summed E-state index contributed by atoms with van der Waals surface area (Å²) in [6.07, 6.45) is 3.86. The van der Waals surface area contributed by atoms with Crippen molar-refractivity contribution >= 4 is 23.6 Å². The number of nitrogens with zero attached hydrogens (tertiary/aromatic N) is 2. The molecule has 1 aromatic rings. The van der Waals surface area contributed by atoms with Crippen LogP contribution in [0.5, 0.6) is 0 Å². The second-order valence-corrected chi connectivity index (χ2v) is 6.40. The zero-order chi connectivity index (χ0) is 15.8. The highest BCUT2D eigenvalue weighted by Gasteiger charge is 2.24. The molecule has 2 amide bonds. The molecule has 6 nitrogen and oxygen atoms in total. The minimum absolute atomic E-state index is 0.176. The Morgan fingerprint density at radius 2 is 1.81 bits per heavy atom. The summed E-state index contributed by atoms with van der Waals surface area (Å²) in [6.45, 7) is 5.79. The summed E-state index contributed by atoms with van der Waals surface area (Å²) in [6, 6.07) is 1.21. The van der Waals surface area contributed by atoms with E-state index in [0.29, 0.717) is 17.5 Å². The average molecular weight is 310 g/mol. The smallest absolute Gasteiger partial charge is 0.242 e. The van der Waals surface area contributed by atoms with Crippen LogP contribution in [0.25, 0.3) is 0 Å². The Morgan fingerprint density at radius 3 is 2.33 bits per heavy atom. The number of hydrogen-bond donors (Lipinski definition) is 2. The lowest BCUT2D eigenvalue weighted by molar-refractivity contribution is -0.128. The summed E-state index contributed by atoms with van der Waals surface area (Å²) in [7, 11) is 1.57. The molecule has 0 aromatic carbocycles. The summed E-state index contributed by atoms with van der Waals surface area (Å²) in [5.41, 5.74) is 0. The van der Waals surface area contributed by atoms with Gasteiger partial charge in [-0.3, -0.25) is 9.59 Å². The van der Waals surface area contributed by atoms with Crippen LogP contribution in [-0.2, 0) is 9.59 Å². The third-order valence-electron chi connectivity index (χ3n) is 2.78. The van der Waals surface area contributed by atoms with Gasteiger partial charge in [-0.25, -0.2) is 9.97 Å². The summed E-state index contributed by atoms with van der Waals surface area (Å²) in [5.74, 6) is -0.0556. The lowest BCUT2D eigenvalue weighted by atomic mass is 10.0. The lowest BCUT2D eigenvalue weighted by Crippen LogP contribution is -2.48. The minimum atomic E-state index is -0.512. The van der Waals surface area contributed by atoms with Gasteiger partial charge in [0.25, 0.3) is 0 Å². The van der Waals surface area contributed by atoms with E-state index < -0.39 is 6.04 Å². The van der Waals surface area contributed by atoms with Gasteiger partial charge in [0.15, 0.2) is 5.16 Å². The molecule has 0 aliphatic carbocycles. The van der Waals surface area contributed by atoms with Gasteiger partial charge in [0.2, 0.25) is 11.8 Å². The lowest BCUT2D eigenvalue weighted by Gasteiger charge is -2.20. The van der Waals surface area contributed by atoms with Crippen LogP contribution in [0.1, 0.15) is 27.2 Å². The summed E-state index contributed by atoms with van der Waals surface area (Å²) < 4.78 is 0. The van der Waals surface area contributed by atoms with E-state index in [2.05, 4.69) is 20.6 Å². The van der Waals surface area contributed by atoms with Crippen molar-refractivity contribution in [2.75, 3.05) is 7.05 Å². The number of nitrogens with one attached hydrogen (secondary N) is 2. The summed E-state index contributed by atoms with van der Waals surface area (Å²) in [5, 5.41) is 5.54. The zero-order valence-corrected chi connectivity index (χ0v) is 13.6. The van der Waals surface area contributed by atoms with Gasteiger partial charge in [-0.1, -0.05) is 25.6 Å². The summed E-state index contributed by atoms with van der Waals surface area (Å²) in [4.78, 5) is 32.1. The molecule has 0 aliphatic rings. The Balaban J connectivity index is 2.61. The van der Waals surface area contributed by atoms with Crippen LogP contribution in [0, 0.1) is 5.92 Å². The van der Waals surface area contributed by atoms with E-state index >= 15 is 0 Å². The summed E-state index contributed by atoms with van der Waals surface area (Å²) >= 11 is 1.27. The molecule has 0 saturated heterocycles. The fraction of sp³-hybridized carbons (Fsp3) is 0.571. The molecule has 1 rings (SSSR count). The Labute approximate surface area is 129 Å². The maximum absolute atomic E-state index is 12.2. The quantitative estimate of drug-likeness (QED) is 0.584. The second kappa shape index (κ2) is 8.61. The van der Waals surface area contributed by atoms with Crippen molar-refractivity contribution in [3.8, 4) is 0 Å². The number of aromatic nitrogens is 2. The average Bonchev–Trinajstić information content (AvgIpc) is 2.46. The maximum atomic E-state index is 12.2. The van der Waals surface area contributed by atoms with Crippen molar-refractivity contribution < 1.29 is 9.59 Å². The topological polar surface area (TPSA) is 84.0 Å². The number of thioether (sulfide) groups is 1. The van der Waals surface area contributed by atoms with Crippen LogP contribution in [0.4, 0.5) is 0 Å².